The minimum absolute atomic E-state index is 0.0198. The molecule has 4 unspecified atom stereocenters. The lowest BCUT2D eigenvalue weighted by Crippen LogP contribution is -2.23. The van der Waals surface area contributed by atoms with Gasteiger partial charge in [-0.25, -0.2) is 19.9 Å². The lowest BCUT2D eigenvalue weighted by atomic mass is 9.92. The molecule has 0 aliphatic rings. The number of anilines is 3. The Morgan fingerprint density at radius 1 is 0.328 bits per heavy atom. The molecule has 0 saturated carbocycles. The molecule has 0 spiro atoms. The minimum atomic E-state index is -0.0378. The smallest absolute Gasteiger partial charge is 0.136 e. The number of hydrogen-bond donors (Lipinski definition) is 4. The van der Waals surface area contributed by atoms with Gasteiger partial charge in [-0.2, -0.15) is 0 Å². The zero-order valence-electron chi connectivity index (χ0n) is 72.4. The van der Waals surface area contributed by atoms with E-state index >= 15 is 0 Å². The maximum Gasteiger partial charge on any atom is 0.136 e. The Bertz CT molecular complexity index is 5110. The predicted octanol–water partition coefficient (Wildman–Crippen LogP) is 30.4. The number of nitrogens with zero attached hydrogens (tertiary/aromatic N) is 5. The highest BCUT2D eigenvalue weighted by Gasteiger charge is 2.25. The van der Waals surface area contributed by atoms with E-state index in [0.717, 1.165) is 98.4 Å². The number of para-hydroxylation sites is 1. The number of imidazole rings is 1. The Morgan fingerprint density at radius 2 is 0.681 bits per heavy atom. The van der Waals surface area contributed by atoms with E-state index in [0.29, 0.717) is 11.8 Å². The van der Waals surface area contributed by atoms with Gasteiger partial charge < -0.3 is 25.8 Å². The summed E-state index contributed by atoms with van der Waals surface area (Å²) >= 11 is 5.17. The first-order chi connectivity index (χ1) is 58.3. The molecule has 0 fully saturated rings. The van der Waals surface area contributed by atoms with Crippen LogP contribution in [0.25, 0.3) is 43.0 Å². The van der Waals surface area contributed by atoms with Crippen molar-refractivity contribution in [3.05, 3.63) is 362 Å². The number of benzene rings is 10. The van der Waals surface area contributed by atoms with Crippen molar-refractivity contribution in [2.45, 2.75) is 214 Å². The number of hydrogen-bond acceptors (Lipinski definition) is 11. The molecule has 0 radical (unpaired) electrons. The van der Waals surface area contributed by atoms with Crippen LogP contribution in [0.2, 0.25) is 0 Å². The number of rotatable bonds is 38. The molecule has 9 nitrogen and oxygen atoms in total. The summed E-state index contributed by atoms with van der Waals surface area (Å²) in [6.45, 7) is 23.6. The van der Waals surface area contributed by atoms with Gasteiger partial charge >= 0.3 is 0 Å². The van der Waals surface area contributed by atoms with Gasteiger partial charge in [0.05, 0.1) is 40.9 Å². The van der Waals surface area contributed by atoms with Crippen molar-refractivity contribution in [1.29, 1.82) is 0 Å². The van der Waals surface area contributed by atoms with Crippen LogP contribution in [-0.4, -0.2) is 31.0 Å². The summed E-state index contributed by atoms with van der Waals surface area (Å²) in [5, 5.41) is 25.0. The fraction of sp³-hybridized carbons (Fsp3) is 0.327. The van der Waals surface area contributed by atoms with Gasteiger partial charge in [0.1, 0.15) is 26.9 Å². The Kier molecular flexibility index (Phi) is 36.1. The fourth-order valence-electron chi connectivity index (χ4n) is 14.7. The molecule has 618 valence electrons. The van der Waals surface area contributed by atoms with Crippen LogP contribution < -0.4 is 21.3 Å². The summed E-state index contributed by atoms with van der Waals surface area (Å²) in [7, 11) is 2.09. The second kappa shape index (κ2) is 48.0. The summed E-state index contributed by atoms with van der Waals surface area (Å²) in [6.07, 6.45) is 22.4. The SMILES string of the molecule is CCCCC(Nc1c(C(C)C)cccc1C(C)C)c1csc(-c2ccccc2)n1.CCCCNC(c1ccc(CCCC)cc1)c1csc(-c2ccccc2)n1.CCCCc1ccc(NC(c2ccc(CCCC)cc2)c2nc(-c3ccccc3)cn2C)cc1.CCCCc1ccc(NC(c2ccccc2)c2csc(-c3ccccc3)n2)cc1. The number of nitrogens with one attached hydrogen (secondary N) is 4. The molecule has 4 aromatic heterocycles. The Hall–Kier alpha value is -10.3. The Labute approximate surface area is 724 Å². The maximum atomic E-state index is 5.08. The first-order valence-corrected chi connectivity index (χ1v) is 46.6. The van der Waals surface area contributed by atoms with Crippen LogP contribution in [0, 0.1) is 0 Å². The first-order valence-electron chi connectivity index (χ1n) is 44.0. The predicted molar refractivity (Wildman–Crippen MR) is 514 cm³/mol. The van der Waals surface area contributed by atoms with E-state index in [-0.39, 0.29) is 24.2 Å². The van der Waals surface area contributed by atoms with E-state index in [1.54, 1.807) is 34.0 Å². The van der Waals surface area contributed by atoms with Gasteiger partial charge in [0.25, 0.3) is 0 Å². The minimum Gasteiger partial charge on any atom is -0.376 e. The van der Waals surface area contributed by atoms with Gasteiger partial charge in [0.15, 0.2) is 0 Å². The molecule has 0 amide bonds. The molecule has 0 bridgehead atoms. The molecule has 4 atom stereocenters. The van der Waals surface area contributed by atoms with E-state index < -0.39 is 0 Å². The third-order valence-corrected chi connectivity index (χ3v) is 24.5. The molecule has 0 aliphatic carbocycles. The van der Waals surface area contributed by atoms with Crippen molar-refractivity contribution in [2.75, 3.05) is 22.5 Å². The molecule has 4 N–H and O–H groups in total. The molecular weight excluding hydrogens is 1510 g/mol. The molecule has 10 aromatic carbocycles. The van der Waals surface area contributed by atoms with E-state index in [1.807, 2.05) is 18.2 Å². The van der Waals surface area contributed by atoms with Gasteiger partial charge in [0, 0.05) is 68.7 Å². The van der Waals surface area contributed by atoms with E-state index in [9.17, 15) is 0 Å². The monoisotopic (exact) mass is 1630 g/mol. The summed E-state index contributed by atoms with van der Waals surface area (Å²) in [4.78, 5) is 20.0. The summed E-state index contributed by atoms with van der Waals surface area (Å²) in [6, 6.07) is 95.3. The van der Waals surface area contributed by atoms with E-state index in [4.69, 9.17) is 19.9 Å². The average Bonchev–Trinajstić information content (AvgIpc) is 1.76. The maximum absolute atomic E-state index is 5.08. The fourth-order valence-corrected chi connectivity index (χ4v) is 17.3. The highest BCUT2D eigenvalue weighted by molar-refractivity contribution is 7.13. The van der Waals surface area contributed by atoms with E-state index in [1.165, 1.54) is 150 Å². The third kappa shape index (κ3) is 26.8. The van der Waals surface area contributed by atoms with Crippen LogP contribution in [-0.2, 0) is 32.7 Å². The highest BCUT2D eigenvalue weighted by Crippen LogP contribution is 2.39. The third-order valence-electron chi connectivity index (χ3n) is 21.8. The van der Waals surface area contributed by atoms with Crippen molar-refractivity contribution >= 4 is 51.1 Å². The van der Waals surface area contributed by atoms with Crippen LogP contribution in [0.1, 0.15) is 262 Å². The normalized spacial score (nSPS) is 12.1. The molecule has 12 heteroatoms. The molecule has 119 heavy (non-hydrogen) atoms. The van der Waals surface area contributed by atoms with Crippen LogP contribution in [0.4, 0.5) is 17.1 Å². The van der Waals surface area contributed by atoms with Crippen molar-refractivity contribution in [3.8, 4) is 43.0 Å². The van der Waals surface area contributed by atoms with Crippen LogP contribution in [0.15, 0.2) is 289 Å². The van der Waals surface area contributed by atoms with Gasteiger partial charge in [-0.15, -0.1) is 34.0 Å². The topological polar surface area (TPSA) is 105 Å². The molecular formula is C107H127N9S3. The second-order valence-corrected chi connectivity index (χ2v) is 34.4. The second-order valence-electron chi connectivity index (χ2n) is 31.8. The zero-order chi connectivity index (χ0) is 83.3. The van der Waals surface area contributed by atoms with Gasteiger partial charge in [-0.3, -0.25) is 0 Å². The molecule has 0 aliphatic heterocycles. The van der Waals surface area contributed by atoms with Crippen molar-refractivity contribution in [2.24, 2.45) is 7.05 Å². The van der Waals surface area contributed by atoms with Crippen molar-refractivity contribution < 1.29 is 0 Å². The van der Waals surface area contributed by atoms with Crippen LogP contribution in [0.5, 0.6) is 0 Å². The first kappa shape index (κ1) is 89.4. The van der Waals surface area contributed by atoms with E-state index in [2.05, 4.69) is 373 Å². The van der Waals surface area contributed by atoms with Gasteiger partial charge in [-0.05, 0) is 157 Å². The lowest BCUT2D eigenvalue weighted by Gasteiger charge is -2.25. The lowest BCUT2D eigenvalue weighted by molar-refractivity contribution is 0.571. The van der Waals surface area contributed by atoms with Gasteiger partial charge in [-0.1, -0.05) is 357 Å². The van der Waals surface area contributed by atoms with Crippen LogP contribution >= 0.6 is 34.0 Å². The number of aromatic nitrogens is 5. The summed E-state index contributed by atoms with van der Waals surface area (Å²) in [5.74, 6) is 1.98. The quantitative estimate of drug-likeness (QED) is 0.0284. The van der Waals surface area contributed by atoms with Crippen molar-refractivity contribution in [3.63, 3.8) is 0 Å². The van der Waals surface area contributed by atoms with Crippen LogP contribution in [0.3, 0.4) is 0 Å². The molecule has 14 rings (SSSR count). The largest absolute Gasteiger partial charge is 0.376 e. The standard InChI is InChI=1S/C31H37N3.C26H26N2S.C26H34N2S.C24H30N2S/c1-4-6-11-24-15-19-27(20-16-24)30(32-28-21-17-25(18-22-28)12-7-5-2)31-33-29(23-34(31)3)26-13-9-8-10-14-26;1-2-3-10-20-15-17-23(18-16-20)27-25(21-11-6-4-7-12-21)24-19-29-26(28-24)22-13-8-5-9-14-22;1-6-7-16-23(24-17-29-26(28-24)20-12-9-8-10-13-20)27-25-21(18(2)3)14-11-15-22(25)19(4)5;1-3-5-10-19-13-15-20(16-14-19)23(25-17-6-4-2)22-18-27-24(26-22)21-11-8-7-9-12-21/h8-10,13-23,30,32H,4-7,11-12H2,1-3H3;4-9,11-19,25,27H,2-3,10H2,1H3;8-15,17-19,23,27H,6-7,16H2,1-5H3;7-9,11-16,18,23,25H,3-6,10,17H2,1-2H3. The highest BCUT2D eigenvalue weighted by atomic mass is 32.1. The summed E-state index contributed by atoms with van der Waals surface area (Å²) < 4.78 is 2.15. The summed E-state index contributed by atoms with van der Waals surface area (Å²) in [5.41, 5.74) is 24.7. The van der Waals surface area contributed by atoms with Crippen molar-refractivity contribution in [1.82, 2.24) is 29.8 Å². The number of unbranched alkanes of at least 4 members (excludes halogenated alkanes) is 6. The average molecular weight is 1640 g/mol. The zero-order valence-corrected chi connectivity index (χ0v) is 74.8. The van der Waals surface area contributed by atoms with Gasteiger partial charge in [0.2, 0.25) is 0 Å². The molecule has 4 heterocycles. The Morgan fingerprint density at radius 3 is 1.09 bits per heavy atom. The Balaban J connectivity index is 0.000000156. The number of aryl methyl sites for hydroxylation is 5. The number of thiazole rings is 3. The molecule has 14 aromatic rings. The molecule has 0 saturated heterocycles.